The van der Waals surface area contributed by atoms with Crippen LogP contribution >= 0.6 is 0 Å². The van der Waals surface area contributed by atoms with Crippen LogP contribution in [-0.4, -0.2) is 20.1 Å². The normalized spacial score (nSPS) is 9.29. The summed E-state index contributed by atoms with van der Waals surface area (Å²) in [5.74, 6) is 0.521. The van der Waals surface area contributed by atoms with E-state index in [4.69, 9.17) is 4.74 Å². The molecule has 0 fully saturated rings. The predicted octanol–water partition coefficient (Wildman–Crippen LogP) is 1.70. The molecule has 1 N–H and O–H groups in total. The predicted molar refractivity (Wildman–Crippen MR) is 56.5 cm³/mol. The van der Waals surface area contributed by atoms with Gasteiger partial charge in [0.05, 0.1) is 12.7 Å². The van der Waals surface area contributed by atoms with Gasteiger partial charge >= 0.3 is 0 Å². The number of carbonyl (C=O) groups excluding carboxylic acids is 1. The zero-order chi connectivity index (χ0) is 10.6. The van der Waals surface area contributed by atoms with Crippen LogP contribution in [-0.2, 0) is 0 Å². The molecule has 1 aromatic rings. The molecule has 0 radical (unpaired) electrons. The zero-order valence-corrected chi connectivity index (χ0v) is 8.33. The van der Waals surface area contributed by atoms with Crippen LogP contribution in [0.2, 0.25) is 0 Å². The minimum atomic E-state index is -0.140. The summed E-state index contributed by atoms with van der Waals surface area (Å²) < 4.78 is 5.03. The Hall–Kier alpha value is -1.77. The molecular weight excluding hydrogens is 178 g/mol. The molecule has 0 bridgehead atoms. The van der Waals surface area contributed by atoms with Gasteiger partial charge in [0.15, 0.2) is 0 Å². The third-order valence-electron chi connectivity index (χ3n) is 1.95. The van der Waals surface area contributed by atoms with E-state index in [1.54, 1.807) is 38.4 Å². The van der Waals surface area contributed by atoms with Crippen molar-refractivity contribution in [2.24, 2.45) is 0 Å². The molecule has 1 aromatic carbocycles. The minimum Gasteiger partial charge on any atom is -0.497 e. The Balaban J connectivity index is 3.21. The molecule has 3 heteroatoms. The molecule has 0 heterocycles. The summed E-state index contributed by atoms with van der Waals surface area (Å²) in [4.78, 5) is 11.4. The summed E-state index contributed by atoms with van der Waals surface area (Å²) in [6.45, 7) is 3.64. The quantitative estimate of drug-likeness (QED) is 0.789. The van der Waals surface area contributed by atoms with E-state index in [-0.39, 0.29) is 5.91 Å². The van der Waals surface area contributed by atoms with E-state index in [2.05, 4.69) is 11.9 Å². The van der Waals surface area contributed by atoms with E-state index in [9.17, 15) is 4.79 Å². The minimum absolute atomic E-state index is 0.140. The van der Waals surface area contributed by atoms with E-state index in [1.807, 2.05) is 0 Å². The molecule has 1 rings (SSSR count). The van der Waals surface area contributed by atoms with Crippen LogP contribution < -0.4 is 10.1 Å². The number of methoxy groups -OCH3 is 1. The van der Waals surface area contributed by atoms with Gasteiger partial charge in [0.2, 0.25) is 0 Å². The summed E-state index contributed by atoms with van der Waals surface area (Å²) in [6, 6.07) is 5.29. The topological polar surface area (TPSA) is 38.3 Å². The number of carbonyl (C=O) groups is 1. The maximum absolute atomic E-state index is 11.4. The smallest absolute Gasteiger partial charge is 0.251 e. The van der Waals surface area contributed by atoms with E-state index < -0.39 is 0 Å². The molecule has 0 spiro atoms. The van der Waals surface area contributed by atoms with Gasteiger partial charge in [-0.15, -0.1) is 0 Å². The van der Waals surface area contributed by atoms with Crippen molar-refractivity contribution >= 4 is 12.0 Å². The standard InChI is InChI=1S/C11H13NO2/c1-4-8-5-6-9(14-3)7-10(8)11(13)12-2/h4-7H,1H2,2-3H3,(H,12,13). The number of hydrogen-bond donors (Lipinski definition) is 1. The monoisotopic (exact) mass is 191 g/mol. The Labute approximate surface area is 83.4 Å². The van der Waals surface area contributed by atoms with Gasteiger partial charge in [0.1, 0.15) is 5.75 Å². The molecule has 0 atom stereocenters. The molecule has 0 aliphatic rings. The third kappa shape index (κ3) is 1.93. The fourth-order valence-corrected chi connectivity index (χ4v) is 1.17. The van der Waals surface area contributed by atoms with Crippen LogP contribution in [0.15, 0.2) is 24.8 Å². The first kappa shape index (κ1) is 10.3. The number of hydrogen-bond acceptors (Lipinski definition) is 2. The first-order valence-electron chi connectivity index (χ1n) is 4.25. The summed E-state index contributed by atoms with van der Waals surface area (Å²) in [7, 11) is 3.16. The fraction of sp³-hybridized carbons (Fsp3) is 0.182. The molecule has 0 saturated carbocycles. The van der Waals surface area contributed by atoms with Crippen LogP contribution in [0.4, 0.5) is 0 Å². The Bertz CT molecular complexity index is 358. The zero-order valence-electron chi connectivity index (χ0n) is 8.33. The summed E-state index contributed by atoms with van der Waals surface area (Å²) in [5.41, 5.74) is 1.37. The number of ether oxygens (including phenoxy) is 1. The second kappa shape index (κ2) is 4.46. The molecule has 0 aliphatic carbocycles. The summed E-state index contributed by atoms with van der Waals surface area (Å²) in [6.07, 6.45) is 1.64. The van der Waals surface area contributed by atoms with Crippen molar-refractivity contribution in [1.29, 1.82) is 0 Å². The Morgan fingerprint density at radius 1 is 1.57 bits per heavy atom. The maximum atomic E-state index is 11.4. The third-order valence-corrected chi connectivity index (χ3v) is 1.95. The van der Waals surface area contributed by atoms with Crippen molar-refractivity contribution in [3.05, 3.63) is 35.9 Å². The lowest BCUT2D eigenvalue weighted by molar-refractivity contribution is 0.0962. The van der Waals surface area contributed by atoms with Gasteiger partial charge in [-0.05, 0) is 17.7 Å². The first-order valence-corrected chi connectivity index (χ1v) is 4.25. The van der Waals surface area contributed by atoms with E-state index in [1.165, 1.54) is 0 Å². The van der Waals surface area contributed by atoms with E-state index >= 15 is 0 Å². The van der Waals surface area contributed by atoms with Crippen molar-refractivity contribution in [3.8, 4) is 5.75 Å². The maximum Gasteiger partial charge on any atom is 0.251 e. The highest BCUT2D eigenvalue weighted by Crippen LogP contribution is 2.18. The Morgan fingerprint density at radius 3 is 2.79 bits per heavy atom. The van der Waals surface area contributed by atoms with Gasteiger partial charge < -0.3 is 10.1 Å². The largest absolute Gasteiger partial charge is 0.497 e. The van der Waals surface area contributed by atoms with Crippen LogP contribution in [0.1, 0.15) is 15.9 Å². The van der Waals surface area contributed by atoms with Gasteiger partial charge in [-0.2, -0.15) is 0 Å². The van der Waals surface area contributed by atoms with Gasteiger partial charge in [-0.3, -0.25) is 4.79 Å². The molecule has 0 aliphatic heterocycles. The highest BCUT2D eigenvalue weighted by atomic mass is 16.5. The molecule has 1 amide bonds. The molecule has 0 aromatic heterocycles. The van der Waals surface area contributed by atoms with E-state index in [0.29, 0.717) is 11.3 Å². The van der Waals surface area contributed by atoms with E-state index in [0.717, 1.165) is 5.56 Å². The highest BCUT2D eigenvalue weighted by Gasteiger charge is 2.08. The highest BCUT2D eigenvalue weighted by molar-refractivity contribution is 5.97. The Kier molecular flexibility index (Phi) is 3.29. The lowest BCUT2D eigenvalue weighted by Crippen LogP contribution is -2.18. The van der Waals surface area contributed by atoms with Crippen LogP contribution in [0.5, 0.6) is 5.75 Å². The van der Waals surface area contributed by atoms with Gasteiger partial charge in [0, 0.05) is 7.05 Å². The molecule has 0 unspecified atom stereocenters. The molecule has 74 valence electrons. The summed E-state index contributed by atoms with van der Waals surface area (Å²) >= 11 is 0. The second-order valence-electron chi connectivity index (χ2n) is 2.74. The molecule has 3 nitrogen and oxygen atoms in total. The van der Waals surface area contributed by atoms with Crippen LogP contribution in [0, 0.1) is 0 Å². The second-order valence-corrected chi connectivity index (χ2v) is 2.74. The Morgan fingerprint density at radius 2 is 2.29 bits per heavy atom. The number of benzene rings is 1. The van der Waals surface area contributed by atoms with Gasteiger partial charge in [-0.25, -0.2) is 0 Å². The van der Waals surface area contributed by atoms with Gasteiger partial charge in [-0.1, -0.05) is 18.7 Å². The lowest BCUT2D eigenvalue weighted by atomic mass is 10.1. The lowest BCUT2D eigenvalue weighted by Gasteiger charge is -2.06. The van der Waals surface area contributed by atoms with Gasteiger partial charge in [0.25, 0.3) is 5.91 Å². The van der Waals surface area contributed by atoms with Crippen molar-refractivity contribution in [1.82, 2.24) is 5.32 Å². The molecule has 0 saturated heterocycles. The molecular formula is C11H13NO2. The van der Waals surface area contributed by atoms with Crippen LogP contribution in [0.3, 0.4) is 0 Å². The fourth-order valence-electron chi connectivity index (χ4n) is 1.17. The average molecular weight is 191 g/mol. The average Bonchev–Trinajstić information content (AvgIpc) is 2.27. The first-order chi connectivity index (χ1) is 6.72. The number of rotatable bonds is 3. The summed E-state index contributed by atoms with van der Waals surface area (Å²) in [5, 5.41) is 2.57. The number of amides is 1. The van der Waals surface area contributed by atoms with Crippen LogP contribution in [0.25, 0.3) is 6.08 Å². The SMILES string of the molecule is C=Cc1ccc(OC)cc1C(=O)NC. The van der Waals surface area contributed by atoms with Crippen molar-refractivity contribution < 1.29 is 9.53 Å². The van der Waals surface area contributed by atoms with Crippen molar-refractivity contribution in [3.63, 3.8) is 0 Å². The van der Waals surface area contributed by atoms with Crippen molar-refractivity contribution in [2.75, 3.05) is 14.2 Å². The molecule has 14 heavy (non-hydrogen) atoms. The number of nitrogens with one attached hydrogen (secondary N) is 1. The van der Waals surface area contributed by atoms with Crippen molar-refractivity contribution in [2.45, 2.75) is 0 Å².